The largest absolute Gasteiger partial charge is 0.465 e. The molecule has 7 nitrogen and oxygen atoms in total. The predicted molar refractivity (Wildman–Crippen MR) is 302 cm³/mol. The maximum absolute atomic E-state index is 14.2. The normalized spacial score (nSPS) is 14.8. The highest BCUT2D eigenvalue weighted by atomic mass is 16.5. The van der Waals surface area contributed by atoms with Crippen molar-refractivity contribution in [1.29, 1.82) is 0 Å². The molecule has 0 N–H and O–H groups in total. The number of amides is 1. The van der Waals surface area contributed by atoms with E-state index in [1.165, 1.54) is 225 Å². The van der Waals surface area contributed by atoms with Gasteiger partial charge >= 0.3 is 5.97 Å². The van der Waals surface area contributed by atoms with Crippen molar-refractivity contribution >= 4 is 18.2 Å². The highest BCUT2D eigenvalue weighted by Crippen LogP contribution is 2.24. The van der Waals surface area contributed by atoms with E-state index in [0.29, 0.717) is 49.8 Å². The van der Waals surface area contributed by atoms with E-state index in [2.05, 4.69) is 44.4 Å². The molecule has 0 aliphatic carbocycles. The Labute approximate surface area is 437 Å². The van der Waals surface area contributed by atoms with Crippen LogP contribution in [0.5, 0.6) is 0 Å². The zero-order valence-electron chi connectivity index (χ0n) is 47.9. The lowest BCUT2D eigenvalue weighted by atomic mass is 9.96. The lowest BCUT2D eigenvalue weighted by molar-refractivity contribution is -0.145. The number of likely N-dealkylation sites (tertiary alicyclic amines) is 1. The van der Waals surface area contributed by atoms with Crippen molar-refractivity contribution in [1.82, 2.24) is 9.80 Å². The molecule has 1 fully saturated rings. The van der Waals surface area contributed by atoms with Crippen molar-refractivity contribution in [3.8, 4) is 0 Å². The van der Waals surface area contributed by atoms with E-state index in [-0.39, 0.29) is 11.9 Å². The Hall–Kier alpha value is -1.47. The van der Waals surface area contributed by atoms with Crippen LogP contribution in [0.25, 0.3) is 0 Å². The first-order valence-corrected chi connectivity index (χ1v) is 31.6. The Kier molecular flexibility index (Phi) is 48.5. The van der Waals surface area contributed by atoms with Crippen LogP contribution in [0.3, 0.4) is 0 Å². The number of ether oxygens (including phenoxy) is 2. The molecule has 0 radical (unpaired) electrons. The Morgan fingerprint density at radius 1 is 0.457 bits per heavy atom. The number of aldehydes is 1. The molecule has 4 atom stereocenters. The zero-order valence-corrected chi connectivity index (χ0v) is 47.9. The molecule has 1 saturated heterocycles. The van der Waals surface area contributed by atoms with E-state index in [0.717, 1.165) is 83.8 Å². The molecular formula is C63H122N2O5. The Morgan fingerprint density at radius 2 is 0.886 bits per heavy atom. The Bertz CT molecular complexity index is 1130. The number of esters is 1. The Morgan fingerprint density at radius 3 is 1.43 bits per heavy atom. The van der Waals surface area contributed by atoms with Gasteiger partial charge in [-0.05, 0) is 115 Å². The van der Waals surface area contributed by atoms with E-state index < -0.39 is 0 Å². The molecule has 414 valence electrons. The van der Waals surface area contributed by atoms with Gasteiger partial charge in [-0.15, -0.1) is 0 Å². The maximum atomic E-state index is 14.2. The fourth-order valence-electron chi connectivity index (χ4n) is 11.0. The smallest absolute Gasteiger partial charge is 0.305 e. The minimum atomic E-state index is -0.000169. The highest BCUT2D eigenvalue weighted by Gasteiger charge is 2.23. The van der Waals surface area contributed by atoms with Crippen LogP contribution in [0.4, 0.5) is 0 Å². The second-order valence-corrected chi connectivity index (χ2v) is 22.6. The number of nitrogens with zero attached hydrogens (tertiary/aromatic N) is 2. The van der Waals surface area contributed by atoms with E-state index >= 15 is 0 Å². The molecule has 0 bridgehead atoms. The summed E-state index contributed by atoms with van der Waals surface area (Å²) in [5.74, 6) is 1.58. The average molecular weight is 988 g/mol. The van der Waals surface area contributed by atoms with Gasteiger partial charge in [0, 0.05) is 38.0 Å². The van der Waals surface area contributed by atoms with Gasteiger partial charge in [0.05, 0.1) is 13.2 Å². The molecule has 4 unspecified atom stereocenters. The van der Waals surface area contributed by atoms with Gasteiger partial charge in [-0.1, -0.05) is 221 Å². The molecule has 0 aromatic rings. The Balaban J connectivity index is 2.72. The summed E-state index contributed by atoms with van der Waals surface area (Å²) < 4.78 is 12.0. The molecular weight excluding hydrogens is 865 g/mol. The monoisotopic (exact) mass is 987 g/mol. The third-order valence-electron chi connectivity index (χ3n) is 15.8. The van der Waals surface area contributed by atoms with Crippen LogP contribution in [0.1, 0.15) is 317 Å². The zero-order chi connectivity index (χ0) is 50.8. The number of carbonyl (C=O) groups is 3. The summed E-state index contributed by atoms with van der Waals surface area (Å²) in [4.78, 5) is 43.9. The van der Waals surface area contributed by atoms with Gasteiger partial charge in [0.25, 0.3) is 0 Å². The van der Waals surface area contributed by atoms with Crippen LogP contribution in [0.15, 0.2) is 0 Å². The molecule has 7 heteroatoms. The van der Waals surface area contributed by atoms with Crippen molar-refractivity contribution in [3.63, 3.8) is 0 Å². The van der Waals surface area contributed by atoms with Gasteiger partial charge in [-0.25, -0.2) is 0 Å². The van der Waals surface area contributed by atoms with Crippen molar-refractivity contribution in [2.45, 2.75) is 323 Å². The van der Waals surface area contributed by atoms with Gasteiger partial charge in [0.2, 0.25) is 5.91 Å². The molecule has 1 heterocycles. The van der Waals surface area contributed by atoms with Gasteiger partial charge in [-0.2, -0.15) is 0 Å². The number of rotatable bonds is 55. The van der Waals surface area contributed by atoms with Crippen molar-refractivity contribution in [2.24, 2.45) is 17.8 Å². The SMILES string of the molecule is CCCCCCCCCCN(C(=O)CCCCN1CCCC1)C(CCCCCCCCC(=O)OCC(CCCC)CCCCCC)CCCCCCCC(C=O)COCC(CCCC)CCCCCC. The molecule has 1 aliphatic heterocycles. The number of hydrogen-bond donors (Lipinski definition) is 0. The summed E-state index contributed by atoms with van der Waals surface area (Å²) in [7, 11) is 0. The van der Waals surface area contributed by atoms with Crippen molar-refractivity contribution in [3.05, 3.63) is 0 Å². The van der Waals surface area contributed by atoms with Crippen molar-refractivity contribution in [2.75, 3.05) is 46.0 Å². The van der Waals surface area contributed by atoms with Gasteiger partial charge in [-0.3, -0.25) is 9.59 Å². The van der Waals surface area contributed by atoms with Crippen LogP contribution in [0, 0.1) is 17.8 Å². The summed E-state index contributed by atoms with van der Waals surface area (Å²) in [6.45, 7) is 17.9. The quantitative estimate of drug-likeness (QED) is 0.0343. The minimum absolute atomic E-state index is 0.000169. The summed E-state index contributed by atoms with van der Waals surface area (Å²) in [5.41, 5.74) is 0. The van der Waals surface area contributed by atoms with E-state index in [4.69, 9.17) is 9.47 Å². The van der Waals surface area contributed by atoms with E-state index in [1.54, 1.807) is 0 Å². The summed E-state index contributed by atoms with van der Waals surface area (Å²) in [6, 6.07) is 0.336. The lowest BCUT2D eigenvalue weighted by Gasteiger charge is -2.33. The van der Waals surface area contributed by atoms with Crippen LogP contribution < -0.4 is 0 Å². The van der Waals surface area contributed by atoms with E-state index in [9.17, 15) is 14.4 Å². The molecule has 0 spiro atoms. The van der Waals surface area contributed by atoms with Gasteiger partial charge in [0.15, 0.2) is 0 Å². The van der Waals surface area contributed by atoms with Gasteiger partial charge in [0.1, 0.15) is 6.29 Å². The topological polar surface area (TPSA) is 76.2 Å². The van der Waals surface area contributed by atoms with Crippen LogP contribution >= 0.6 is 0 Å². The second kappa shape index (κ2) is 51.0. The summed E-state index contributed by atoms with van der Waals surface area (Å²) in [5, 5.41) is 0. The molecule has 1 amide bonds. The number of hydrogen-bond acceptors (Lipinski definition) is 6. The van der Waals surface area contributed by atoms with Crippen LogP contribution in [-0.2, 0) is 23.9 Å². The standard InChI is InChI=1S/C63H122N2O5/c1-6-11-16-19-20-23-29-37-53-65(62(67)48-36-38-50-64-51-39-40-52-64)61(46-33-26-21-22-28-35-49-63(68)70-57-59(42-15-10-5)44-31-18-13-8-3)47-34-27-24-25-32-45-60(54-66)56-69-55-58(41-14-9-4)43-30-17-12-7-2/h54,58-61H,6-53,55-57H2,1-5H3. The fraction of sp³-hybridized carbons (Fsp3) is 0.952. The summed E-state index contributed by atoms with van der Waals surface area (Å²) in [6.07, 6.45) is 53.4. The average Bonchev–Trinajstić information content (AvgIpc) is 3.90. The first-order chi connectivity index (χ1) is 34.4. The number of unbranched alkanes of at least 4 members (excludes halogenated alkanes) is 25. The number of carbonyl (C=O) groups excluding carboxylic acids is 3. The highest BCUT2D eigenvalue weighted by molar-refractivity contribution is 5.76. The first-order valence-electron chi connectivity index (χ1n) is 31.6. The molecule has 1 rings (SSSR count). The predicted octanol–water partition coefficient (Wildman–Crippen LogP) is 18.4. The van der Waals surface area contributed by atoms with Crippen LogP contribution in [0.2, 0.25) is 0 Å². The van der Waals surface area contributed by atoms with Crippen LogP contribution in [-0.4, -0.2) is 80.0 Å². The molecule has 0 aromatic heterocycles. The fourth-order valence-corrected chi connectivity index (χ4v) is 11.0. The van der Waals surface area contributed by atoms with E-state index in [1.807, 2.05) is 0 Å². The first kappa shape index (κ1) is 66.5. The lowest BCUT2D eigenvalue weighted by Crippen LogP contribution is -2.41. The summed E-state index contributed by atoms with van der Waals surface area (Å²) >= 11 is 0. The molecule has 0 aromatic carbocycles. The minimum Gasteiger partial charge on any atom is -0.465 e. The second-order valence-electron chi connectivity index (χ2n) is 22.6. The third-order valence-corrected chi connectivity index (χ3v) is 15.8. The molecule has 70 heavy (non-hydrogen) atoms. The molecule has 1 aliphatic rings. The van der Waals surface area contributed by atoms with Gasteiger partial charge < -0.3 is 24.1 Å². The maximum Gasteiger partial charge on any atom is 0.305 e. The van der Waals surface area contributed by atoms with Crippen molar-refractivity contribution < 1.29 is 23.9 Å². The third kappa shape index (κ3) is 40.0. The molecule has 0 saturated carbocycles.